The lowest BCUT2D eigenvalue weighted by Crippen LogP contribution is -2.41. The van der Waals surface area contributed by atoms with Crippen LogP contribution in [0.5, 0.6) is 0 Å². The summed E-state index contributed by atoms with van der Waals surface area (Å²) in [6.45, 7) is -0.471. The molecule has 0 amide bonds. The summed E-state index contributed by atoms with van der Waals surface area (Å²) in [4.78, 5) is 34.0. The first kappa shape index (κ1) is 22.4. The maximum Gasteiger partial charge on any atom is 1.00 e. The maximum atomic E-state index is 13.4. The Morgan fingerprint density at radius 2 is 2.03 bits per heavy atom. The van der Waals surface area contributed by atoms with Crippen molar-refractivity contribution in [3.05, 3.63) is 39.6 Å². The number of nitrogens with two attached hydrogens (primary N) is 1. The van der Waals surface area contributed by atoms with Crippen LogP contribution in [0.3, 0.4) is 0 Å². The molecule has 0 spiro atoms. The molecule has 2 aliphatic rings. The van der Waals surface area contributed by atoms with Gasteiger partial charge in [0.2, 0.25) is 20.9 Å². The molecular formula is C16H15ClN5O9PS. The average Bonchev–Trinajstić information content (AvgIpc) is 3.26. The van der Waals surface area contributed by atoms with Gasteiger partial charge in [-0.05, 0) is 24.3 Å². The largest absolute Gasteiger partial charge is 1.00 e. The SMILES string of the molecule is Nc1nc2c(nc(S(=O)(=O)c3ccc(Cl)cc3)n2[C@@H]2OC3COP(=O)([O-])O[C@H]3C2O)c(=O)[nH]1.[H+]. The highest BCUT2D eigenvalue weighted by molar-refractivity contribution is 7.91. The van der Waals surface area contributed by atoms with Crippen LogP contribution < -0.4 is 16.2 Å². The van der Waals surface area contributed by atoms with E-state index in [0.717, 1.165) is 4.57 Å². The summed E-state index contributed by atoms with van der Waals surface area (Å²) in [5, 5.41) is 10.4. The quantitative estimate of drug-likeness (QED) is 0.371. The lowest BCUT2D eigenvalue weighted by Gasteiger charge is -2.34. The zero-order chi connectivity index (χ0) is 23.7. The van der Waals surface area contributed by atoms with Gasteiger partial charge in [-0.1, -0.05) is 11.6 Å². The number of imidazole rings is 1. The Balaban J connectivity index is 0.00000274. The Bertz CT molecular complexity index is 1480. The van der Waals surface area contributed by atoms with E-state index >= 15 is 0 Å². The van der Waals surface area contributed by atoms with Crippen LogP contribution in [0, 0.1) is 0 Å². The Labute approximate surface area is 190 Å². The highest BCUT2D eigenvalue weighted by atomic mass is 35.5. The number of aliphatic hydroxyl groups is 1. The molecule has 1 aromatic carbocycles. The number of phosphoric ester groups is 1. The number of rotatable bonds is 3. The molecule has 2 aliphatic heterocycles. The summed E-state index contributed by atoms with van der Waals surface area (Å²) < 4.78 is 54.5. The van der Waals surface area contributed by atoms with Crippen molar-refractivity contribution in [1.29, 1.82) is 0 Å². The molecular weight excluding hydrogens is 505 g/mol. The monoisotopic (exact) mass is 519 g/mol. The van der Waals surface area contributed by atoms with Crippen molar-refractivity contribution in [2.75, 3.05) is 12.3 Å². The second-order valence-corrected chi connectivity index (χ2v) is 10.9. The van der Waals surface area contributed by atoms with E-state index in [4.69, 9.17) is 26.6 Å². The van der Waals surface area contributed by atoms with Gasteiger partial charge in [0.1, 0.15) is 18.3 Å². The lowest BCUT2D eigenvalue weighted by atomic mass is 10.1. The number of anilines is 1. The number of H-pyrrole nitrogens is 1. The number of nitrogens with zero attached hydrogens (tertiary/aromatic N) is 3. The molecule has 2 fully saturated rings. The summed E-state index contributed by atoms with van der Waals surface area (Å²) in [5.41, 5.74) is 4.09. The molecule has 176 valence electrons. The number of fused-ring (bicyclic) bond motifs is 2. The third-order valence-corrected chi connectivity index (χ3v) is 7.99. The number of nitrogens with one attached hydrogen (secondary N) is 1. The van der Waals surface area contributed by atoms with Crippen molar-refractivity contribution in [1.82, 2.24) is 19.5 Å². The fourth-order valence-corrected chi connectivity index (χ4v) is 6.10. The Morgan fingerprint density at radius 1 is 1.33 bits per heavy atom. The normalized spacial score (nSPS) is 29.9. The molecule has 5 rings (SSSR count). The number of aromatic nitrogens is 4. The first-order valence-corrected chi connectivity index (χ1v) is 12.6. The molecule has 0 bridgehead atoms. The fraction of sp³-hybridized carbons (Fsp3) is 0.312. The second-order valence-electron chi connectivity index (χ2n) is 7.21. The van der Waals surface area contributed by atoms with E-state index in [1.807, 2.05) is 0 Å². The molecule has 3 aromatic rings. The third kappa shape index (κ3) is 3.66. The van der Waals surface area contributed by atoms with Gasteiger partial charge in [0.25, 0.3) is 13.4 Å². The lowest BCUT2D eigenvalue weighted by molar-refractivity contribution is -0.245. The van der Waals surface area contributed by atoms with Crippen LogP contribution in [0.4, 0.5) is 5.95 Å². The molecule has 0 radical (unpaired) electrons. The molecule has 17 heteroatoms. The van der Waals surface area contributed by atoms with Gasteiger partial charge in [-0.15, -0.1) is 0 Å². The molecule has 0 saturated carbocycles. The number of halogens is 1. The Hall–Kier alpha value is -2.36. The topological polar surface area (TPSA) is 212 Å². The van der Waals surface area contributed by atoms with Crippen molar-refractivity contribution in [2.24, 2.45) is 0 Å². The van der Waals surface area contributed by atoms with E-state index < -0.39 is 65.0 Å². The molecule has 2 aromatic heterocycles. The van der Waals surface area contributed by atoms with Crippen LogP contribution in [0.15, 0.2) is 39.1 Å². The minimum atomic E-state index is -4.69. The molecule has 4 heterocycles. The van der Waals surface area contributed by atoms with Crippen LogP contribution in [0.1, 0.15) is 7.65 Å². The highest BCUT2D eigenvalue weighted by Gasteiger charge is 2.51. The number of phosphoric acid groups is 1. The zero-order valence-corrected chi connectivity index (χ0v) is 18.7. The molecule has 0 aliphatic carbocycles. The van der Waals surface area contributed by atoms with Crippen molar-refractivity contribution in [3.63, 3.8) is 0 Å². The minimum absolute atomic E-state index is 0. The number of hydrogen-bond acceptors (Lipinski definition) is 12. The van der Waals surface area contributed by atoms with Crippen molar-refractivity contribution in [3.8, 4) is 0 Å². The zero-order valence-electron chi connectivity index (χ0n) is 17.2. The van der Waals surface area contributed by atoms with Gasteiger partial charge >= 0.3 is 1.43 Å². The number of nitrogen functional groups attached to an aromatic ring is 1. The highest BCUT2D eigenvalue weighted by Crippen LogP contribution is 2.50. The molecule has 3 unspecified atom stereocenters. The van der Waals surface area contributed by atoms with E-state index in [0.29, 0.717) is 0 Å². The Morgan fingerprint density at radius 3 is 2.73 bits per heavy atom. The molecule has 4 N–H and O–H groups in total. The van der Waals surface area contributed by atoms with Crippen LogP contribution in [0.2, 0.25) is 5.02 Å². The molecule has 5 atom stereocenters. The van der Waals surface area contributed by atoms with Crippen molar-refractivity contribution in [2.45, 2.75) is 34.6 Å². The standard InChI is InChI=1S/C16H15ClN5O9PS/c17-6-1-3-7(4-2-6)33(27,28)16-19-9-12(20-15(18)21-13(9)24)22(16)14-10(23)11-8(30-14)5-29-32(25,26)31-11/h1-4,8,10-11,14,23H,5H2,(H,25,26)(H3,18,20,21,24)/t8?,10?,11-,14-/m1/s1. The number of aliphatic hydroxyl groups excluding tert-OH is 1. The Kier molecular flexibility index (Phi) is 5.15. The van der Waals surface area contributed by atoms with Crippen molar-refractivity contribution < 1.29 is 38.2 Å². The van der Waals surface area contributed by atoms with E-state index in [-0.39, 0.29) is 22.9 Å². The number of aromatic amines is 1. The van der Waals surface area contributed by atoms with Gasteiger partial charge in [0.05, 0.1) is 11.5 Å². The summed E-state index contributed by atoms with van der Waals surface area (Å²) in [7, 11) is -9.11. The summed E-state index contributed by atoms with van der Waals surface area (Å²) >= 11 is 5.84. The second kappa shape index (κ2) is 7.58. The van der Waals surface area contributed by atoms with E-state index in [1.54, 1.807) is 0 Å². The van der Waals surface area contributed by atoms with Gasteiger partial charge in [-0.2, -0.15) is 4.98 Å². The van der Waals surface area contributed by atoms with Gasteiger partial charge in [0.15, 0.2) is 17.4 Å². The maximum absolute atomic E-state index is 13.4. The predicted molar refractivity (Wildman–Crippen MR) is 109 cm³/mol. The first-order valence-electron chi connectivity index (χ1n) is 9.24. The number of benzene rings is 1. The molecule has 2 saturated heterocycles. The fourth-order valence-electron chi connectivity index (χ4n) is 3.66. The van der Waals surface area contributed by atoms with Crippen LogP contribution >= 0.6 is 19.4 Å². The summed E-state index contributed by atoms with van der Waals surface area (Å²) in [6.07, 6.45) is -5.71. The summed E-state index contributed by atoms with van der Waals surface area (Å²) in [6, 6.07) is 5.14. The smallest absolute Gasteiger partial charge is 0.756 e. The molecule has 14 nitrogen and oxygen atoms in total. The third-order valence-electron chi connectivity index (χ3n) is 5.11. The van der Waals surface area contributed by atoms with Crippen LogP contribution in [-0.4, -0.2) is 58.0 Å². The van der Waals surface area contributed by atoms with Gasteiger partial charge in [0, 0.05) is 5.02 Å². The van der Waals surface area contributed by atoms with Crippen LogP contribution in [-0.2, 0) is 28.2 Å². The average molecular weight is 520 g/mol. The number of ether oxygens (including phenoxy) is 1. The first-order chi connectivity index (χ1) is 15.5. The van der Waals surface area contributed by atoms with E-state index in [9.17, 15) is 27.8 Å². The van der Waals surface area contributed by atoms with E-state index in [1.165, 1.54) is 24.3 Å². The van der Waals surface area contributed by atoms with Crippen molar-refractivity contribution >= 4 is 46.4 Å². The predicted octanol–water partition coefficient (Wildman–Crippen LogP) is -0.557. The minimum Gasteiger partial charge on any atom is -0.756 e. The molecule has 33 heavy (non-hydrogen) atoms. The number of sulfone groups is 1. The van der Waals surface area contributed by atoms with Gasteiger partial charge in [-0.3, -0.25) is 18.9 Å². The van der Waals surface area contributed by atoms with Gasteiger partial charge in [-0.25, -0.2) is 13.4 Å². The van der Waals surface area contributed by atoms with Gasteiger partial charge < -0.3 is 29.5 Å². The van der Waals surface area contributed by atoms with E-state index in [2.05, 4.69) is 19.5 Å². The number of hydrogen-bond donors (Lipinski definition) is 3. The summed E-state index contributed by atoms with van der Waals surface area (Å²) in [5.74, 6) is -0.349. The van der Waals surface area contributed by atoms with Crippen LogP contribution in [0.25, 0.3) is 11.2 Å².